The zero-order chi connectivity index (χ0) is 18.6. The van der Waals surface area contributed by atoms with E-state index in [0.29, 0.717) is 29.9 Å². The van der Waals surface area contributed by atoms with Crippen LogP contribution in [-0.4, -0.2) is 13.2 Å². The Morgan fingerprint density at radius 1 is 0.962 bits per heavy atom. The number of benzene rings is 2. The Balaban J connectivity index is 1.88. The van der Waals surface area contributed by atoms with Crippen molar-refractivity contribution in [2.24, 2.45) is 0 Å². The molecule has 0 fully saturated rings. The van der Waals surface area contributed by atoms with Crippen LogP contribution < -0.4 is 5.43 Å². The van der Waals surface area contributed by atoms with Gasteiger partial charge in [0, 0.05) is 11.6 Å². The number of hydrogen-bond donors (Lipinski definition) is 0. The molecule has 3 rings (SSSR count). The van der Waals surface area contributed by atoms with Gasteiger partial charge in [-0.15, -0.1) is 0 Å². The molecule has 0 unspecified atom stereocenters. The number of fused-ring (bicyclic) bond motifs is 1. The molecule has 6 heteroatoms. The summed E-state index contributed by atoms with van der Waals surface area (Å²) in [6.07, 6.45) is 0.205. The second kappa shape index (κ2) is 8.00. The van der Waals surface area contributed by atoms with Crippen LogP contribution in [0.2, 0.25) is 0 Å². The highest BCUT2D eigenvalue weighted by Gasteiger charge is 2.24. The SMILES string of the molecule is CCOP(=O)(Cc1ccc(-c2cc(=O)c3ccccc3o2)cc1)OCC. The Bertz CT molecular complexity index is 981. The Labute approximate surface area is 152 Å². The zero-order valence-corrected chi connectivity index (χ0v) is 15.7. The summed E-state index contributed by atoms with van der Waals surface area (Å²) in [4.78, 5) is 12.2. The van der Waals surface area contributed by atoms with Crippen LogP contribution in [-0.2, 0) is 19.8 Å². The van der Waals surface area contributed by atoms with E-state index >= 15 is 0 Å². The van der Waals surface area contributed by atoms with Crippen molar-refractivity contribution in [2.75, 3.05) is 13.2 Å². The zero-order valence-electron chi connectivity index (χ0n) is 14.8. The van der Waals surface area contributed by atoms with E-state index in [2.05, 4.69) is 0 Å². The van der Waals surface area contributed by atoms with Gasteiger partial charge in [0.15, 0.2) is 5.43 Å². The highest BCUT2D eigenvalue weighted by Crippen LogP contribution is 2.51. The average Bonchev–Trinajstić information content (AvgIpc) is 2.62. The first-order valence-electron chi connectivity index (χ1n) is 8.55. The maximum absolute atomic E-state index is 12.6. The highest BCUT2D eigenvalue weighted by molar-refractivity contribution is 7.53. The molecule has 0 saturated carbocycles. The molecule has 3 aromatic rings. The fraction of sp³-hybridized carbons (Fsp3) is 0.250. The molecule has 0 aliphatic rings. The minimum absolute atomic E-state index is 0.0804. The van der Waals surface area contributed by atoms with Crippen LogP contribution in [0.3, 0.4) is 0 Å². The summed E-state index contributed by atoms with van der Waals surface area (Å²) in [5, 5.41) is 0.558. The van der Waals surface area contributed by atoms with Crippen LogP contribution in [0.25, 0.3) is 22.3 Å². The van der Waals surface area contributed by atoms with E-state index in [1.165, 1.54) is 6.07 Å². The van der Waals surface area contributed by atoms with Gasteiger partial charge in [0.05, 0.1) is 24.8 Å². The first-order valence-corrected chi connectivity index (χ1v) is 10.3. The minimum atomic E-state index is -3.14. The molecule has 0 bridgehead atoms. The van der Waals surface area contributed by atoms with Crippen molar-refractivity contribution in [3.05, 3.63) is 70.4 Å². The predicted octanol–water partition coefficient (Wildman–Crippen LogP) is 5.23. The van der Waals surface area contributed by atoms with E-state index < -0.39 is 7.60 Å². The minimum Gasteiger partial charge on any atom is -0.456 e. The van der Waals surface area contributed by atoms with Gasteiger partial charge in [-0.3, -0.25) is 9.36 Å². The third-order valence-electron chi connectivity index (χ3n) is 3.90. The smallest absolute Gasteiger partial charge is 0.335 e. The summed E-state index contributed by atoms with van der Waals surface area (Å²) in [5.41, 5.74) is 2.08. The molecular formula is C20H21O5P. The lowest BCUT2D eigenvalue weighted by molar-refractivity contribution is 0.219. The summed E-state index contributed by atoms with van der Waals surface area (Å²) in [6, 6.07) is 16.0. The van der Waals surface area contributed by atoms with Crippen molar-refractivity contribution in [3.63, 3.8) is 0 Å². The van der Waals surface area contributed by atoms with Crippen molar-refractivity contribution in [3.8, 4) is 11.3 Å². The molecule has 136 valence electrons. The summed E-state index contributed by atoms with van der Waals surface area (Å²) in [5.74, 6) is 0.498. The molecule has 26 heavy (non-hydrogen) atoms. The molecule has 0 amide bonds. The van der Waals surface area contributed by atoms with Crippen LogP contribution in [0.15, 0.2) is 63.8 Å². The van der Waals surface area contributed by atoms with E-state index in [1.807, 2.05) is 36.4 Å². The second-order valence-corrected chi connectivity index (χ2v) is 7.83. The number of hydrogen-bond acceptors (Lipinski definition) is 5. The Hall–Kier alpha value is -2.20. The molecule has 0 aliphatic carbocycles. The van der Waals surface area contributed by atoms with Crippen LogP contribution in [0.1, 0.15) is 19.4 Å². The average molecular weight is 372 g/mol. The van der Waals surface area contributed by atoms with E-state index in [9.17, 15) is 9.36 Å². The molecule has 2 aromatic carbocycles. The first kappa shape index (κ1) is 18.6. The molecule has 1 heterocycles. The molecule has 0 atom stereocenters. The van der Waals surface area contributed by atoms with Gasteiger partial charge in [-0.2, -0.15) is 0 Å². The lowest BCUT2D eigenvalue weighted by Gasteiger charge is -2.17. The topological polar surface area (TPSA) is 65.7 Å². The van der Waals surface area contributed by atoms with Crippen LogP contribution >= 0.6 is 7.60 Å². The maximum Gasteiger partial charge on any atom is 0.335 e. The quantitative estimate of drug-likeness (QED) is 0.532. The predicted molar refractivity (Wildman–Crippen MR) is 102 cm³/mol. The Kier molecular flexibility index (Phi) is 5.72. The lowest BCUT2D eigenvalue weighted by atomic mass is 10.1. The molecule has 0 spiro atoms. The summed E-state index contributed by atoms with van der Waals surface area (Å²) >= 11 is 0. The Morgan fingerprint density at radius 3 is 2.27 bits per heavy atom. The molecule has 0 radical (unpaired) electrons. The van der Waals surface area contributed by atoms with Crippen LogP contribution in [0.4, 0.5) is 0 Å². The van der Waals surface area contributed by atoms with E-state index in [4.69, 9.17) is 13.5 Å². The molecule has 1 aromatic heterocycles. The molecule has 0 saturated heterocycles. The summed E-state index contributed by atoms with van der Waals surface area (Å²) < 4.78 is 29.1. The molecule has 0 aliphatic heterocycles. The second-order valence-electron chi connectivity index (χ2n) is 5.77. The molecule has 0 N–H and O–H groups in total. The van der Waals surface area contributed by atoms with Gasteiger partial charge < -0.3 is 13.5 Å². The normalized spacial score (nSPS) is 11.8. The monoisotopic (exact) mass is 372 g/mol. The Morgan fingerprint density at radius 2 is 1.62 bits per heavy atom. The van der Waals surface area contributed by atoms with E-state index in [-0.39, 0.29) is 11.6 Å². The summed E-state index contributed by atoms with van der Waals surface area (Å²) in [7, 11) is -3.14. The first-order chi connectivity index (χ1) is 12.5. The van der Waals surface area contributed by atoms with Crippen molar-refractivity contribution in [2.45, 2.75) is 20.0 Å². The third-order valence-corrected chi connectivity index (χ3v) is 5.96. The molecule has 5 nitrogen and oxygen atoms in total. The van der Waals surface area contributed by atoms with Gasteiger partial charge >= 0.3 is 7.60 Å². The van der Waals surface area contributed by atoms with Gasteiger partial charge in [-0.05, 0) is 31.5 Å². The fourth-order valence-corrected chi connectivity index (χ4v) is 4.47. The van der Waals surface area contributed by atoms with Gasteiger partial charge in [0.2, 0.25) is 0 Å². The summed E-state index contributed by atoms with van der Waals surface area (Å²) in [6.45, 7) is 4.24. The van der Waals surface area contributed by atoms with Gasteiger partial charge in [0.25, 0.3) is 0 Å². The third kappa shape index (κ3) is 4.13. The fourth-order valence-electron chi connectivity index (χ4n) is 2.77. The number of rotatable bonds is 7. The number of para-hydroxylation sites is 1. The maximum atomic E-state index is 12.6. The molecular weight excluding hydrogens is 351 g/mol. The van der Waals surface area contributed by atoms with Gasteiger partial charge in [0.1, 0.15) is 11.3 Å². The lowest BCUT2D eigenvalue weighted by Crippen LogP contribution is -2.00. The highest BCUT2D eigenvalue weighted by atomic mass is 31.2. The van der Waals surface area contributed by atoms with Crippen LogP contribution in [0.5, 0.6) is 0 Å². The van der Waals surface area contributed by atoms with Gasteiger partial charge in [-0.1, -0.05) is 36.4 Å². The van der Waals surface area contributed by atoms with E-state index in [1.54, 1.807) is 26.0 Å². The van der Waals surface area contributed by atoms with Crippen molar-refractivity contribution >= 4 is 18.6 Å². The van der Waals surface area contributed by atoms with Crippen molar-refractivity contribution < 1.29 is 18.0 Å². The largest absolute Gasteiger partial charge is 0.456 e. The van der Waals surface area contributed by atoms with Crippen molar-refractivity contribution in [1.82, 2.24) is 0 Å². The van der Waals surface area contributed by atoms with Crippen LogP contribution in [0, 0.1) is 0 Å². The van der Waals surface area contributed by atoms with E-state index in [0.717, 1.165) is 11.1 Å². The van der Waals surface area contributed by atoms with Gasteiger partial charge in [-0.25, -0.2) is 0 Å². The standard InChI is InChI=1S/C20H21O5P/c1-3-23-26(22,24-4-2)14-15-9-11-16(12-10-15)20-13-18(21)17-7-5-6-8-19(17)25-20/h5-13H,3-4,14H2,1-2H3. The van der Waals surface area contributed by atoms with Crippen molar-refractivity contribution in [1.29, 1.82) is 0 Å².